The Balaban J connectivity index is 2.13. The largest absolute Gasteiger partial charge is 0.507 e. The number of fused-ring (bicyclic) bond motifs is 3. The molecule has 0 aliphatic heterocycles. The second-order valence-corrected chi connectivity index (χ2v) is 8.54. The van der Waals surface area contributed by atoms with Crippen LogP contribution in [0.2, 0.25) is 0 Å². The van der Waals surface area contributed by atoms with Crippen molar-refractivity contribution in [3.05, 3.63) is 28.8 Å². The molecule has 1 heteroatoms. The highest BCUT2D eigenvalue weighted by atomic mass is 16.3. The minimum atomic E-state index is 0.252. The van der Waals surface area contributed by atoms with Gasteiger partial charge in [-0.3, -0.25) is 0 Å². The summed E-state index contributed by atoms with van der Waals surface area (Å²) < 4.78 is 0. The van der Waals surface area contributed by atoms with Gasteiger partial charge in [0, 0.05) is 0 Å². The van der Waals surface area contributed by atoms with Gasteiger partial charge in [-0.1, -0.05) is 53.2 Å². The van der Waals surface area contributed by atoms with Gasteiger partial charge in [-0.2, -0.15) is 0 Å². The van der Waals surface area contributed by atoms with E-state index in [-0.39, 0.29) is 5.41 Å². The van der Waals surface area contributed by atoms with Gasteiger partial charge in [-0.05, 0) is 65.0 Å². The number of hydrogen-bond donors (Lipinski definition) is 1. The van der Waals surface area contributed by atoms with Crippen LogP contribution in [0.4, 0.5) is 0 Å². The average Bonchev–Trinajstić information content (AvgIpc) is 2.38. The fraction of sp³-hybridized carbons (Fsp3) is 0.700. The summed E-state index contributed by atoms with van der Waals surface area (Å²) >= 11 is 0. The molecule has 116 valence electrons. The third kappa shape index (κ3) is 2.12. The van der Waals surface area contributed by atoms with Crippen LogP contribution in [0.25, 0.3) is 0 Å². The molecule has 0 saturated heterocycles. The van der Waals surface area contributed by atoms with Crippen LogP contribution in [0.15, 0.2) is 12.1 Å². The van der Waals surface area contributed by atoms with Crippen molar-refractivity contribution < 1.29 is 5.11 Å². The van der Waals surface area contributed by atoms with Crippen molar-refractivity contribution in [2.24, 2.45) is 11.3 Å². The van der Waals surface area contributed by atoms with E-state index >= 15 is 0 Å². The zero-order chi connectivity index (χ0) is 15.4. The van der Waals surface area contributed by atoms with E-state index in [1.165, 1.54) is 36.8 Å². The topological polar surface area (TPSA) is 20.2 Å². The first-order valence-electron chi connectivity index (χ1n) is 8.62. The highest BCUT2D eigenvalue weighted by Crippen LogP contribution is 2.58. The van der Waals surface area contributed by atoms with Crippen LogP contribution in [-0.2, 0) is 11.8 Å². The third-order valence-corrected chi connectivity index (χ3v) is 6.46. The lowest BCUT2D eigenvalue weighted by Crippen LogP contribution is -2.47. The highest BCUT2D eigenvalue weighted by molar-refractivity contribution is 5.51. The van der Waals surface area contributed by atoms with Gasteiger partial charge in [-0.25, -0.2) is 0 Å². The second kappa shape index (κ2) is 4.76. The van der Waals surface area contributed by atoms with Gasteiger partial charge in [-0.15, -0.1) is 0 Å². The van der Waals surface area contributed by atoms with Crippen LogP contribution >= 0.6 is 0 Å². The molecule has 2 aliphatic carbocycles. The molecule has 0 heterocycles. The summed E-state index contributed by atoms with van der Waals surface area (Å²) in [6.07, 6.45) is 6.20. The molecule has 1 N–H and O–H groups in total. The number of aromatic hydroxyl groups is 1. The molecule has 2 aliphatic rings. The van der Waals surface area contributed by atoms with Gasteiger partial charge in [0.05, 0.1) is 0 Å². The van der Waals surface area contributed by atoms with Crippen molar-refractivity contribution in [2.75, 3.05) is 0 Å². The Hall–Kier alpha value is -0.980. The van der Waals surface area contributed by atoms with Gasteiger partial charge < -0.3 is 5.11 Å². The summed E-state index contributed by atoms with van der Waals surface area (Å²) in [4.78, 5) is 0. The maximum atomic E-state index is 10.7. The molecule has 1 saturated carbocycles. The SMILES string of the molecule is CC(C)c1ccc2c(c1O)CC[C@H]1C(C)(C)CCC[C@]21C. The number of phenols is 1. The monoisotopic (exact) mass is 286 g/mol. The van der Waals surface area contributed by atoms with E-state index in [0.29, 0.717) is 17.1 Å². The molecule has 0 spiro atoms. The smallest absolute Gasteiger partial charge is 0.122 e. The molecule has 0 amide bonds. The van der Waals surface area contributed by atoms with Crippen LogP contribution in [0.1, 0.15) is 82.9 Å². The van der Waals surface area contributed by atoms with Crippen LogP contribution in [0.5, 0.6) is 5.75 Å². The van der Waals surface area contributed by atoms with E-state index in [4.69, 9.17) is 0 Å². The van der Waals surface area contributed by atoms with E-state index < -0.39 is 0 Å². The van der Waals surface area contributed by atoms with Gasteiger partial charge in [0.15, 0.2) is 0 Å². The lowest BCUT2D eigenvalue weighted by molar-refractivity contribution is 0.0402. The predicted octanol–water partition coefficient (Wildman–Crippen LogP) is 5.55. The first-order valence-corrected chi connectivity index (χ1v) is 8.62. The predicted molar refractivity (Wildman–Crippen MR) is 89.0 cm³/mol. The van der Waals surface area contributed by atoms with Crippen molar-refractivity contribution in [2.45, 2.75) is 78.1 Å². The number of hydrogen-bond acceptors (Lipinski definition) is 1. The maximum absolute atomic E-state index is 10.7. The summed E-state index contributed by atoms with van der Waals surface area (Å²) in [5.74, 6) is 1.73. The van der Waals surface area contributed by atoms with Gasteiger partial charge >= 0.3 is 0 Å². The quantitative estimate of drug-likeness (QED) is 0.718. The van der Waals surface area contributed by atoms with E-state index in [0.717, 1.165) is 17.9 Å². The van der Waals surface area contributed by atoms with E-state index in [9.17, 15) is 5.11 Å². The Kier molecular flexibility index (Phi) is 3.39. The number of benzene rings is 1. The van der Waals surface area contributed by atoms with Crippen LogP contribution in [0, 0.1) is 11.3 Å². The van der Waals surface area contributed by atoms with E-state index in [1.54, 1.807) is 0 Å². The Labute approximate surface area is 129 Å². The summed E-state index contributed by atoms with van der Waals surface area (Å²) in [7, 11) is 0. The van der Waals surface area contributed by atoms with Gasteiger partial charge in [0.1, 0.15) is 5.75 Å². The standard InChI is InChI=1S/C20H30O/c1-13(2)14-7-9-16-15(18(14)21)8-10-17-19(3,4)11-6-12-20(16,17)5/h7,9,13,17,21H,6,8,10-12H2,1-5H3/t17-,20+/m0/s1. The molecule has 1 aromatic rings. The summed E-state index contributed by atoms with van der Waals surface area (Å²) in [5, 5.41) is 10.7. The zero-order valence-electron chi connectivity index (χ0n) is 14.3. The Morgan fingerprint density at radius 3 is 2.52 bits per heavy atom. The van der Waals surface area contributed by atoms with E-state index in [1.807, 2.05) is 0 Å². The first-order chi connectivity index (χ1) is 9.77. The molecule has 1 nitrogen and oxygen atoms in total. The molecular formula is C20H30O. The number of rotatable bonds is 1. The summed E-state index contributed by atoms with van der Waals surface area (Å²) in [6.45, 7) is 11.7. The van der Waals surface area contributed by atoms with Crippen LogP contribution in [0.3, 0.4) is 0 Å². The van der Waals surface area contributed by atoms with Crippen molar-refractivity contribution in [3.63, 3.8) is 0 Å². The third-order valence-electron chi connectivity index (χ3n) is 6.46. The number of phenolic OH excluding ortho intramolecular Hbond substituents is 1. The first kappa shape index (κ1) is 14.9. The Bertz CT molecular complexity index is 555. The molecule has 1 aromatic carbocycles. The van der Waals surface area contributed by atoms with E-state index in [2.05, 4.69) is 46.8 Å². The van der Waals surface area contributed by atoms with Crippen LogP contribution < -0.4 is 0 Å². The Morgan fingerprint density at radius 1 is 1.14 bits per heavy atom. The summed E-state index contributed by atoms with van der Waals surface area (Å²) in [5.41, 5.74) is 4.48. The van der Waals surface area contributed by atoms with Crippen molar-refractivity contribution in [3.8, 4) is 5.75 Å². The molecule has 0 unspecified atom stereocenters. The van der Waals surface area contributed by atoms with Crippen molar-refractivity contribution in [1.82, 2.24) is 0 Å². The molecular weight excluding hydrogens is 256 g/mol. The van der Waals surface area contributed by atoms with Crippen molar-refractivity contribution in [1.29, 1.82) is 0 Å². The minimum Gasteiger partial charge on any atom is -0.507 e. The maximum Gasteiger partial charge on any atom is 0.122 e. The average molecular weight is 286 g/mol. The molecule has 1 fully saturated rings. The summed E-state index contributed by atoms with van der Waals surface area (Å²) in [6, 6.07) is 4.51. The molecule has 21 heavy (non-hydrogen) atoms. The fourth-order valence-corrected chi connectivity index (χ4v) is 5.35. The lowest BCUT2D eigenvalue weighted by Gasteiger charge is -2.54. The molecule has 0 radical (unpaired) electrons. The zero-order valence-corrected chi connectivity index (χ0v) is 14.3. The Morgan fingerprint density at radius 2 is 1.86 bits per heavy atom. The second-order valence-electron chi connectivity index (χ2n) is 8.54. The molecule has 0 aromatic heterocycles. The van der Waals surface area contributed by atoms with Crippen LogP contribution in [-0.4, -0.2) is 5.11 Å². The lowest BCUT2D eigenvalue weighted by atomic mass is 9.50. The minimum absolute atomic E-state index is 0.252. The molecule has 0 bridgehead atoms. The normalized spacial score (nSPS) is 30.9. The van der Waals surface area contributed by atoms with Gasteiger partial charge in [0.25, 0.3) is 0 Å². The molecule has 3 rings (SSSR count). The molecule has 2 atom stereocenters. The fourth-order valence-electron chi connectivity index (χ4n) is 5.35. The van der Waals surface area contributed by atoms with Crippen molar-refractivity contribution >= 4 is 0 Å². The van der Waals surface area contributed by atoms with Gasteiger partial charge in [0.2, 0.25) is 0 Å². The highest BCUT2D eigenvalue weighted by Gasteiger charge is 2.50.